The first-order valence-electron chi connectivity index (χ1n) is 7.30. The fourth-order valence-corrected chi connectivity index (χ4v) is 3.67. The molecule has 1 saturated heterocycles. The summed E-state index contributed by atoms with van der Waals surface area (Å²) in [5.41, 5.74) is 0.908. The molecule has 0 amide bonds. The molecule has 1 aliphatic heterocycles. The molecular weight excluding hydrogens is 291 g/mol. The number of hydrogen-bond acceptors (Lipinski definition) is 3. The Morgan fingerprint density at radius 1 is 1.48 bits per heavy atom. The topological polar surface area (TPSA) is 49.4 Å². The maximum atomic E-state index is 13.2. The molecule has 1 fully saturated rings. The standard InChI is InChI=1S/C15H23FN2O2S/c1-12(14-6-3-7-15(16)9-14)17-10-13-5-4-8-18(11-13)21(2,19)20/h3,6-7,9,12-13,17H,4-5,8,10-11H2,1-2H3/t12-,13?/m1/s1. The summed E-state index contributed by atoms with van der Waals surface area (Å²) in [6.07, 6.45) is 3.18. The highest BCUT2D eigenvalue weighted by Gasteiger charge is 2.25. The molecule has 118 valence electrons. The monoisotopic (exact) mass is 314 g/mol. The Morgan fingerprint density at radius 2 is 2.24 bits per heavy atom. The van der Waals surface area contributed by atoms with Gasteiger partial charge in [-0.1, -0.05) is 12.1 Å². The van der Waals surface area contributed by atoms with Crippen molar-refractivity contribution in [2.24, 2.45) is 5.92 Å². The third kappa shape index (κ3) is 4.76. The molecule has 1 aromatic rings. The van der Waals surface area contributed by atoms with Crippen LogP contribution in [0.3, 0.4) is 0 Å². The molecule has 1 unspecified atom stereocenters. The highest BCUT2D eigenvalue weighted by atomic mass is 32.2. The average Bonchev–Trinajstić information content (AvgIpc) is 2.44. The van der Waals surface area contributed by atoms with Gasteiger partial charge in [-0.2, -0.15) is 0 Å². The summed E-state index contributed by atoms with van der Waals surface area (Å²) in [6, 6.07) is 6.61. The molecular formula is C15H23FN2O2S. The van der Waals surface area contributed by atoms with E-state index in [4.69, 9.17) is 0 Å². The smallest absolute Gasteiger partial charge is 0.211 e. The number of sulfonamides is 1. The fourth-order valence-electron chi connectivity index (χ4n) is 2.73. The lowest BCUT2D eigenvalue weighted by molar-refractivity contribution is 0.257. The van der Waals surface area contributed by atoms with Gasteiger partial charge in [-0.15, -0.1) is 0 Å². The van der Waals surface area contributed by atoms with Crippen molar-refractivity contribution >= 4 is 10.0 Å². The van der Waals surface area contributed by atoms with Gasteiger partial charge in [0, 0.05) is 19.1 Å². The van der Waals surface area contributed by atoms with Crippen molar-refractivity contribution in [3.63, 3.8) is 0 Å². The van der Waals surface area contributed by atoms with E-state index in [1.165, 1.54) is 18.4 Å². The Labute approximate surface area is 126 Å². The van der Waals surface area contributed by atoms with Gasteiger partial charge in [-0.25, -0.2) is 17.1 Å². The zero-order valence-corrected chi connectivity index (χ0v) is 13.4. The molecule has 2 atom stereocenters. The predicted octanol–water partition coefficient (Wildman–Crippen LogP) is 2.15. The van der Waals surface area contributed by atoms with Crippen LogP contribution in [0, 0.1) is 11.7 Å². The van der Waals surface area contributed by atoms with Gasteiger partial charge < -0.3 is 5.32 Å². The number of rotatable bonds is 5. The summed E-state index contributed by atoms with van der Waals surface area (Å²) in [6.45, 7) is 3.92. The summed E-state index contributed by atoms with van der Waals surface area (Å²) in [7, 11) is -3.10. The molecule has 1 N–H and O–H groups in total. The molecule has 6 heteroatoms. The van der Waals surface area contributed by atoms with Gasteiger partial charge in [0.15, 0.2) is 0 Å². The third-order valence-corrected chi connectivity index (χ3v) is 5.28. The van der Waals surface area contributed by atoms with Crippen molar-refractivity contribution in [1.82, 2.24) is 9.62 Å². The Morgan fingerprint density at radius 3 is 2.90 bits per heavy atom. The Bertz CT molecular complexity index is 577. The molecule has 1 heterocycles. The fraction of sp³-hybridized carbons (Fsp3) is 0.600. The quantitative estimate of drug-likeness (QED) is 0.906. The Kier molecular flexibility index (Phi) is 5.35. The van der Waals surface area contributed by atoms with Crippen LogP contribution in [0.4, 0.5) is 4.39 Å². The van der Waals surface area contributed by atoms with E-state index >= 15 is 0 Å². The lowest BCUT2D eigenvalue weighted by atomic mass is 9.99. The highest BCUT2D eigenvalue weighted by Crippen LogP contribution is 2.20. The first kappa shape index (κ1) is 16.4. The molecule has 0 spiro atoms. The first-order valence-corrected chi connectivity index (χ1v) is 9.15. The van der Waals surface area contributed by atoms with Crippen molar-refractivity contribution in [2.75, 3.05) is 25.9 Å². The van der Waals surface area contributed by atoms with Crippen LogP contribution in [0.15, 0.2) is 24.3 Å². The van der Waals surface area contributed by atoms with Crippen LogP contribution >= 0.6 is 0 Å². The number of nitrogens with one attached hydrogen (secondary N) is 1. The van der Waals surface area contributed by atoms with E-state index in [2.05, 4.69) is 5.32 Å². The molecule has 0 radical (unpaired) electrons. The summed E-state index contributed by atoms with van der Waals surface area (Å²) in [5.74, 6) is 0.0755. The lowest BCUT2D eigenvalue weighted by Gasteiger charge is -2.31. The highest BCUT2D eigenvalue weighted by molar-refractivity contribution is 7.88. The zero-order valence-electron chi connectivity index (χ0n) is 12.5. The second-order valence-corrected chi connectivity index (χ2v) is 7.80. The largest absolute Gasteiger partial charge is 0.310 e. The molecule has 0 saturated carbocycles. The summed E-state index contributed by atoms with van der Waals surface area (Å²) in [4.78, 5) is 0. The van der Waals surface area contributed by atoms with Crippen molar-refractivity contribution < 1.29 is 12.8 Å². The van der Waals surface area contributed by atoms with Gasteiger partial charge >= 0.3 is 0 Å². The minimum Gasteiger partial charge on any atom is -0.310 e. The maximum Gasteiger partial charge on any atom is 0.211 e. The zero-order chi connectivity index (χ0) is 15.5. The minimum atomic E-state index is -3.10. The Hall–Kier alpha value is -0.980. The number of benzene rings is 1. The van der Waals surface area contributed by atoms with Crippen LogP contribution < -0.4 is 5.32 Å². The summed E-state index contributed by atoms with van der Waals surface area (Å²) >= 11 is 0. The summed E-state index contributed by atoms with van der Waals surface area (Å²) < 4.78 is 37.9. The minimum absolute atomic E-state index is 0.0503. The van der Waals surface area contributed by atoms with E-state index in [0.29, 0.717) is 19.0 Å². The van der Waals surface area contributed by atoms with Crippen LogP contribution in [0.1, 0.15) is 31.4 Å². The van der Waals surface area contributed by atoms with Gasteiger partial charge in [-0.3, -0.25) is 0 Å². The van der Waals surface area contributed by atoms with E-state index in [1.54, 1.807) is 10.4 Å². The second-order valence-electron chi connectivity index (χ2n) is 5.81. The van der Waals surface area contributed by atoms with Gasteiger partial charge in [0.1, 0.15) is 5.82 Å². The number of hydrogen-bond donors (Lipinski definition) is 1. The van der Waals surface area contributed by atoms with E-state index in [9.17, 15) is 12.8 Å². The van der Waals surface area contributed by atoms with Crippen molar-refractivity contribution in [1.29, 1.82) is 0 Å². The molecule has 0 bridgehead atoms. The Balaban J connectivity index is 1.88. The van der Waals surface area contributed by atoms with Gasteiger partial charge in [0.2, 0.25) is 10.0 Å². The molecule has 1 aliphatic rings. The van der Waals surface area contributed by atoms with E-state index < -0.39 is 10.0 Å². The number of nitrogens with zero attached hydrogens (tertiary/aromatic N) is 1. The average molecular weight is 314 g/mol. The maximum absolute atomic E-state index is 13.2. The van der Waals surface area contributed by atoms with Crippen molar-refractivity contribution in [2.45, 2.75) is 25.8 Å². The summed E-state index contributed by atoms with van der Waals surface area (Å²) in [5, 5.41) is 3.38. The number of halogens is 1. The van der Waals surface area contributed by atoms with Gasteiger partial charge in [0.05, 0.1) is 6.26 Å². The third-order valence-electron chi connectivity index (χ3n) is 4.01. The SMILES string of the molecule is C[C@@H](NCC1CCCN(S(C)(=O)=O)C1)c1cccc(F)c1. The van der Waals surface area contributed by atoms with Crippen LogP contribution in [0.25, 0.3) is 0 Å². The van der Waals surface area contributed by atoms with E-state index in [-0.39, 0.29) is 11.9 Å². The van der Waals surface area contributed by atoms with E-state index in [0.717, 1.165) is 24.9 Å². The van der Waals surface area contributed by atoms with Crippen LogP contribution in [-0.2, 0) is 10.0 Å². The van der Waals surface area contributed by atoms with Crippen molar-refractivity contribution in [3.05, 3.63) is 35.6 Å². The van der Waals surface area contributed by atoms with Crippen LogP contribution in [0.5, 0.6) is 0 Å². The molecule has 21 heavy (non-hydrogen) atoms. The van der Waals surface area contributed by atoms with Crippen LogP contribution in [0.2, 0.25) is 0 Å². The van der Waals surface area contributed by atoms with Gasteiger partial charge in [0.25, 0.3) is 0 Å². The molecule has 2 rings (SSSR count). The molecule has 1 aromatic carbocycles. The lowest BCUT2D eigenvalue weighted by Crippen LogP contribution is -2.42. The normalized spacial score (nSPS) is 22.1. The molecule has 0 aromatic heterocycles. The second kappa shape index (κ2) is 6.85. The first-order chi connectivity index (χ1) is 9.86. The van der Waals surface area contributed by atoms with Crippen LogP contribution in [-0.4, -0.2) is 38.6 Å². The van der Waals surface area contributed by atoms with E-state index in [1.807, 2.05) is 13.0 Å². The predicted molar refractivity (Wildman–Crippen MR) is 82.0 cm³/mol. The molecule has 0 aliphatic carbocycles. The molecule has 4 nitrogen and oxygen atoms in total. The number of piperidine rings is 1. The van der Waals surface area contributed by atoms with Gasteiger partial charge in [-0.05, 0) is 49.9 Å². The van der Waals surface area contributed by atoms with Crippen molar-refractivity contribution in [3.8, 4) is 0 Å².